The van der Waals surface area contributed by atoms with Crippen molar-refractivity contribution in [3.05, 3.63) is 253 Å². The molecule has 7 nitrogen and oxygen atoms in total. The summed E-state index contributed by atoms with van der Waals surface area (Å²) in [4.78, 5) is 4.64. The molecule has 10 aromatic carbocycles. The predicted molar refractivity (Wildman–Crippen MR) is 302 cm³/mol. The lowest BCUT2D eigenvalue weighted by molar-refractivity contribution is 0.583. The van der Waals surface area contributed by atoms with E-state index in [0.29, 0.717) is 11.8 Å². The molecule has 0 atom stereocenters. The van der Waals surface area contributed by atoms with E-state index in [-0.39, 0.29) is 0 Å². The number of fused-ring (bicyclic) bond motifs is 6. The Morgan fingerprint density at radius 3 is 0.945 bits per heavy atom. The average Bonchev–Trinajstić information content (AvgIpc) is 4.12. The van der Waals surface area contributed by atoms with Gasteiger partial charge in [0.2, 0.25) is 11.8 Å². The van der Waals surface area contributed by atoms with Crippen molar-refractivity contribution in [2.75, 3.05) is 9.80 Å². The highest BCUT2D eigenvalue weighted by Gasteiger charge is 2.23. The topological polar surface area (TPSA) is 55.3 Å². The normalized spacial score (nSPS) is 11.6. The Hall–Kier alpha value is -9.46. The van der Waals surface area contributed by atoms with Crippen LogP contribution in [0.15, 0.2) is 235 Å². The fourth-order valence-electron chi connectivity index (χ4n) is 11.2. The molecule has 0 amide bonds. The molecule has 3 heterocycles. The second-order valence-corrected chi connectivity index (χ2v) is 18.9. The lowest BCUT2D eigenvalue weighted by Crippen LogP contribution is -2.09. The van der Waals surface area contributed by atoms with Gasteiger partial charge in [0.25, 0.3) is 0 Å². The second kappa shape index (κ2) is 17.7. The molecule has 13 rings (SSSR count). The summed E-state index contributed by atoms with van der Waals surface area (Å²) in [5, 5.41) is 14.2. The van der Waals surface area contributed by atoms with Gasteiger partial charge in [0.1, 0.15) is 0 Å². The van der Waals surface area contributed by atoms with E-state index in [1.807, 2.05) is 0 Å². The van der Waals surface area contributed by atoms with Crippen molar-refractivity contribution < 1.29 is 4.42 Å². The zero-order valence-electron chi connectivity index (χ0n) is 41.0. The van der Waals surface area contributed by atoms with E-state index in [9.17, 15) is 0 Å². The van der Waals surface area contributed by atoms with Crippen molar-refractivity contribution in [1.82, 2.24) is 19.3 Å². The van der Waals surface area contributed by atoms with Crippen molar-refractivity contribution in [2.45, 2.75) is 27.7 Å². The summed E-state index contributed by atoms with van der Waals surface area (Å²) in [5.41, 5.74) is 19.4. The van der Waals surface area contributed by atoms with Crippen LogP contribution in [0.4, 0.5) is 34.1 Å². The SMILES string of the molecule is Cc1cc(-n2c3ccccc3c3cc(N(c4ccccc4)c4ccccc4)ccc32)cc(C)c1-c1nnc(-c2c(C)cc(-n3c4ccccc4c4cc(N(c5ccccc5)c5ccccc5)ccc43)cc2C)o1. The fourth-order valence-corrected chi connectivity index (χ4v) is 11.2. The summed E-state index contributed by atoms with van der Waals surface area (Å²) in [6.07, 6.45) is 0. The largest absolute Gasteiger partial charge is 0.416 e. The highest BCUT2D eigenvalue weighted by Crippen LogP contribution is 2.43. The van der Waals surface area contributed by atoms with Crippen molar-refractivity contribution in [3.8, 4) is 34.3 Å². The van der Waals surface area contributed by atoms with Crippen molar-refractivity contribution in [3.63, 3.8) is 0 Å². The van der Waals surface area contributed by atoms with Gasteiger partial charge in [-0.2, -0.15) is 0 Å². The Morgan fingerprint density at radius 2 is 0.603 bits per heavy atom. The van der Waals surface area contributed by atoms with Gasteiger partial charge < -0.3 is 23.4 Å². The summed E-state index contributed by atoms with van der Waals surface area (Å²) in [6.45, 7) is 8.56. The average molecular weight is 943 g/mol. The standard InChI is InChI=1S/C66H50N6O/c1-43-37-53(71-59-31-19-17-29-55(59)57-41-51(33-35-61(57)71)69(47-21-9-5-10-22-47)48-23-11-6-12-24-48)38-44(2)63(43)65-67-68-66(73-65)64-45(3)39-54(40-46(64)4)72-60-32-20-18-30-56(60)58-42-52(34-36-62(58)72)70(49-25-13-7-14-26-49)50-27-15-8-16-28-50/h5-42H,1-4H3. The number of hydrogen-bond donors (Lipinski definition) is 0. The van der Waals surface area contributed by atoms with Crippen LogP contribution in [-0.2, 0) is 0 Å². The smallest absolute Gasteiger partial charge is 0.248 e. The lowest BCUT2D eigenvalue weighted by Gasteiger charge is -2.25. The van der Waals surface area contributed by atoms with Gasteiger partial charge in [0, 0.05) is 78.2 Å². The maximum Gasteiger partial charge on any atom is 0.248 e. The zero-order valence-corrected chi connectivity index (χ0v) is 41.0. The molecule has 0 saturated carbocycles. The Kier molecular flexibility index (Phi) is 10.6. The van der Waals surface area contributed by atoms with Crippen molar-refractivity contribution >= 4 is 77.7 Å². The third-order valence-electron chi connectivity index (χ3n) is 14.3. The fraction of sp³-hybridized carbons (Fsp3) is 0.0606. The molecule has 0 bridgehead atoms. The van der Waals surface area contributed by atoms with Crippen LogP contribution in [0.2, 0.25) is 0 Å². The first-order chi connectivity index (χ1) is 35.9. The molecule has 350 valence electrons. The number of benzene rings is 10. The van der Waals surface area contributed by atoms with Crippen LogP contribution in [-0.4, -0.2) is 19.3 Å². The number of nitrogens with zero attached hydrogens (tertiary/aromatic N) is 6. The summed E-state index contributed by atoms with van der Waals surface area (Å²) in [7, 11) is 0. The van der Waals surface area contributed by atoms with E-state index >= 15 is 0 Å². The number of para-hydroxylation sites is 6. The molecule has 0 aliphatic carbocycles. The van der Waals surface area contributed by atoms with E-state index in [0.717, 1.165) is 101 Å². The minimum atomic E-state index is 0.506. The highest BCUT2D eigenvalue weighted by molar-refractivity contribution is 6.12. The minimum Gasteiger partial charge on any atom is -0.416 e. The number of hydrogen-bond acceptors (Lipinski definition) is 5. The number of aromatic nitrogens is 4. The van der Waals surface area contributed by atoms with E-state index in [1.165, 1.54) is 21.5 Å². The third-order valence-corrected chi connectivity index (χ3v) is 14.3. The minimum absolute atomic E-state index is 0.506. The van der Waals surface area contributed by atoms with Gasteiger partial charge in [0.05, 0.1) is 22.1 Å². The van der Waals surface area contributed by atoms with Crippen LogP contribution in [0.3, 0.4) is 0 Å². The van der Waals surface area contributed by atoms with E-state index < -0.39 is 0 Å². The monoisotopic (exact) mass is 942 g/mol. The molecule has 0 aliphatic heterocycles. The van der Waals surface area contributed by atoms with Crippen LogP contribution in [0, 0.1) is 27.7 Å². The van der Waals surface area contributed by atoms with Gasteiger partial charge in [-0.3, -0.25) is 0 Å². The maximum atomic E-state index is 6.69. The molecule has 0 saturated heterocycles. The van der Waals surface area contributed by atoms with Crippen molar-refractivity contribution in [1.29, 1.82) is 0 Å². The second-order valence-electron chi connectivity index (χ2n) is 18.9. The molecule has 0 N–H and O–H groups in total. The van der Waals surface area contributed by atoms with Crippen LogP contribution < -0.4 is 9.80 Å². The van der Waals surface area contributed by atoms with Gasteiger partial charge in [-0.15, -0.1) is 10.2 Å². The maximum absolute atomic E-state index is 6.69. The molecule has 7 heteroatoms. The molecular weight excluding hydrogens is 893 g/mol. The molecule has 0 aliphatic rings. The summed E-state index contributed by atoms with van der Waals surface area (Å²) >= 11 is 0. The molecule has 13 aromatic rings. The number of anilines is 6. The zero-order chi connectivity index (χ0) is 49.2. The van der Waals surface area contributed by atoms with Gasteiger partial charge in [-0.1, -0.05) is 109 Å². The predicted octanol–water partition coefficient (Wildman–Crippen LogP) is 17.8. The molecule has 0 radical (unpaired) electrons. The Morgan fingerprint density at radius 1 is 0.301 bits per heavy atom. The third kappa shape index (κ3) is 7.44. The summed E-state index contributed by atoms with van der Waals surface area (Å²) < 4.78 is 11.4. The first-order valence-electron chi connectivity index (χ1n) is 24.8. The number of aryl methyl sites for hydroxylation is 4. The van der Waals surface area contributed by atoms with Crippen molar-refractivity contribution in [2.24, 2.45) is 0 Å². The van der Waals surface area contributed by atoms with Gasteiger partial charge in [0.15, 0.2) is 0 Å². The summed E-state index contributed by atoms with van der Waals surface area (Å²) in [6, 6.07) is 82.2. The molecular formula is C66H50N6O. The summed E-state index contributed by atoms with van der Waals surface area (Å²) in [5.74, 6) is 1.01. The Labute approximate surface area is 424 Å². The molecule has 3 aromatic heterocycles. The van der Waals surface area contributed by atoms with Gasteiger partial charge in [-0.25, -0.2) is 0 Å². The lowest BCUT2D eigenvalue weighted by atomic mass is 10.0. The Bertz CT molecular complexity index is 3800. The van der Waals surface area contributed by atoms with E-state index in [2.05, 4.69) is 277 Å². The van der Waals surface area contributed by atoms with E-state index in [1.54, 1.807) is 0 Å². The molecule has 73 heavy (non-hydrogen) atoms. The first kappa shape index (κ1) is 43.6. The first-order valence-corrected chi connectivity index (χ1v) is 24.8. The van der Waals surface area contributed by atoms with Crippen LogP contribution in [0.1, 0.15) is 22.3 Å². The number of rotatable bonds is 10. The van der Waals surface area contributed by atoms with Gasteiger partial charge >= 0.3 is 0 Å². The van der Waals surface area contributed by atoms with Crippen LogP contribution in [0.25, 0.3) is 77.9 Å². The van der Waals surface area contributed by atoms with E-state index in [4.69, 9.17) is 14.6 Å². The molecule has 0 spiro atoms. The Balaban J connectivity index is 0.850. The van der Waals surface area contributed by atoms with Crippen LogP contribution in [0.5, 0.6) is 0 Å². The molecule has 0 fully saturated rings. The molecule has 0 unspecified atom stereocenters. The highest BCUT2D eigenvalue weighted by atomic mass is 16.4. The van der Waals surface area contributed by atoms with Gasteiger partial charge in [-0.05, 0) is 171 Å². The van der Waals surface area contributed by atoms with Crippen LogP contribution >= 0.6 is 0 Å². The quantitative estimate of drug-likeness (QED) is 0.137.